The first-order valence-electron chi connectivity index (χ1n) is 8.44. The fourth-order valence-electron chi connectivity index (χ4n) is 3.10. The fraction of sp³-hybridized carbons (Fsp3) is 0.250. The highest BCUT2D eigenvalue weighted by Crippen LogP contribution is 2.28. The van der Waals surface area contributed by atoms with Gasteiger partial charge in [0.15, 0.2) is 0 Å². The average molecular weight is 457 g/mol. The third-order valence-corrected chi connectivity index (χ3v) is 6.88. The van der Waals surface area contributed by atoms with Crippen LogP contribution >= 0.6 is 23.2 Å². The third kappa shape index (κ3) is 3.73. The third-order valence-electron chi connectivity index (χ3n) is 4.53. The lowest BCUT2D eigenvalue weighted by Gasteiger charge is -2.35. The van der Waals surface area contributed by atoms with Crippen LogP contribution in [0.4, 0.5) is 5.82 Å². The molecule has 2 N–H and O–H groups in total. The Balaban J connectivity index is 1.58. The fourth-order valence-corrected chi connectivity index (χ4v) is 4.99. The highest BCUT2D eigenvalue weighted by atomic mass is 35.5. The van der Waals surface area contributed by atoms with Gasteiger partial charge in [0.05, 0.1) is 15.4 Å². The van der Waals surface area contributed by atoms with Crippen molar-refractivity contribution >= 4 is 50.1 Å². The van der Waals surface area contributed by atoms with E-state index in [1.807, 2.05) is 4.90 Å². The molecular weight excluding hydrogens is 443 g/mol. The molecule has 13 heteroatoms. The molecule has 0 unspecified atom stereocenters. The minimum Gasteiger partial charge on any atom is -0.353 e. The molecule has 0 aromatic carbocycles. The van der Waals surface area contributed by atoms with Crippen molar-refractivity contribution in [2.24, 2.45) is 0 Å². The number of anilines is 1. The van der Waals surface area contributed by atoms with Crippen molar-refractivity contribution in [3.8, 4) is 0 Å². The van der Waals surface area contributed by atoms with E-state index in [1.165, 1.54) is 16.6 Å². The van der Waals surface area contributed by atoms with E-state index in [0.717, 1.165) is 6.20 Å². The number of sulfonamides is 1. The molecule has 0 aliphatic carbocycles. The summed E-state index contributed by atoms with van der Waals surface area (Å²) in [6, 6.07) is 2.79. The molecule has 3 aromatic rings. The summed E-state index contributed by atoms with van der Waals surface area (Å²) in [6.07, 6.45) is 2.60. The maximum Gasteiger partial charge on any atom is 0.327 e. The summed E-state index contributed by atoms with van der Waals surface area (Å²) in [5.74, 6) is 0.538. The Morgan fingerprint density at radius 2 is 1.69 bits per heavy atom. The van der Waals surface area contributed by atoms with Gasteiger partial charge in [0, 0.05) is 38.6 Å². The van der Waals surface area contributed by atoms with E-state index in [1.54, 1.807) is 6.07 Å². The highest BCUT2D eigenvalue weighted by Gasteiger charge is 2.30. The van der Waals surface area contributed by atoms with Crippen LogP contribution in [0, 0.1) is 0 Å². The lowest BCUT2D eigenvalue weighted by Crippen LogP contribution is -2.49. The molecule has 1 fully saturated rings. The molecule has 0 amide bonds. The summed E-state index contributed by atoms with van der Waals surface area (Å²) < 4.78 is 27.3. The largest absolute Gasteiger partial charge is 0.353 e. The number of halogens is 2. The van der Waals surface area contributed by atoms with E-state index in [9.17, 15) is 18.0 Å². The Hall–Kier alpha value is -2.47. The number of aromatic amines is 2. The standard InChI is InChI=1S/C16H14Cl2N6O4S/c17-9-5-12(18)14(20-7-9)23-1-3-24(4-2-23)29(27,28)10-6-11-13(19-8-10)21-16(26)22-15(11)25/h5-8H,1-4H2,(H2,19,21,22,25,26). The maximum atomic E-state index is 13.0. The monoisotopic (exact) mass is 456 g/mol. The quantitative estimate of drug-likeness (QED) is 0.595. The lowest BCUT2D eigenvalue weighted by molar-refractivity contribution is 0.384. The van der Waals surface area contributed by atoms with E-state index >= 15 is 0 Å². The van der Waals surface area contributed by atoms with E-state index in [-0.39, 0.29) is 29.0 Å². The number of hydrogen-bond acceptors (Lipinski definition) is 7. The number of H-pyrrole nitrogens is 2. The second-order valence-corrected chi connectivity index (χ2v) is 9.11. The summed E-state index contributed by atoms with van der Waals surface area (Å²) in [6.45, 7) is 1.15. The molecule has 4 rings (SSSR count). The van der Waals surface area contributed by atoms with Crippen LogP contribution in [0.2, 0.25) is 10.0 Å². The number of rotatable bonds is 3. The van der Waals surface area contributed by atoms with E-state index in [2.05, 4.69) is 19.9 Å². The normalized spacial score (nSPS) is 15.7. The van der Waals surface area contributed by atoms with Gasteiger partial charge in [-0.1, -0.05) is 23.2 Å². The Kier molecular flexibility index (Phi) is 5.07. The van der Waals surface area contributed by atoms with Gasteiger partial charge in [0.1, 0.15) is 16.4 Å². The van der Waals surface area contributed by atoms with Crippen molar-refractivity contribution in [2.45, 2.75) is 4.90 Å². The lowest BCUT2D eigenvalue weighted by atomic mass is 10.3. The number of nitrogens with zero attached hydrogens (tertiary/aromatic N) is 4. The second kappa shape index (κ2) is 7.41. The zero-order valence-electron chi connectivity index (χ0n) is 14.7. The summed E-state index contributed by atoms with van der Waals surface area (Å²) in [5.41, 5.74) is -1.40. The Bertz CT molecular complexity index is 1310. The first kappa shape index (κ1) is 19.8. The summed E-state index contributed by atoms with van der Waals surface area (Å²) in [4.78, 5) is 37.6. The van der Waals surface area contributed by atoms with Gasteiger partial charge in [-0.15, -0.1) is 0 Å². The van der Waals surface area contributed by atoms with Gasteiger partial charge in [0.2, 0.25) is 10.0 Å². The van der Waals surface area contributed by atoms with Crippen LogP contribution < -0.4 is 16.1 Å². The molecule has 4 heterocycles. The van der Waals surface area contributed by atoms with Crippen LogP contribution in [0.3, 0.4) is 0 Å². The average Bonchev–Trinajstić information content (AvgIpc) is 2.68. The molecule has 3 aromatic heterocycles. The van der Waals surface area contributed by atoms with Crippen LogP contribution in [0.25, 0.3) is 11.0 Å². The number of hydrogen-bond donors (Lipinski definition) is 2. The molecule has 1 saturated heterocycles. The van der Waals surface area contributed by atoms with Crippen LogP contribution in [0.15, 0.2) is 39.0 Å². The van der Waals surface area contributed by atoms with Gasteiger partial charge in [-0.05, 0) is 12.1 Å². The second-order valence-electron chi connectivity index (χ2n) is 6.33. The first-order chi connectivity index (χ1) is 13.8. The van der Waals surface area contributed by atoms with Crippen LogP contribution in [0.5, 0.6) is 0 Å². The van der Waals surface area contributed by atoms with Gasteiger partial charge in [-0.3, -0.25) is 14.8 Å². The Morgan fingerprint density at radius 3 is 2.38 bits per heavy atom. The van der Waals surface area contributed by atoms with Crippen molar-refractivity contribution in [2.75, 3.05) is 31.1 Å². The molecule has 1 aliphatic heterocycles. The molecule has 0 atom stereocenters. The zero-order chi connectivity index (χ0) is 20.8. The minimum atomic E-state index is -3.88. The Morgan fingerprint density at radius 1 is 0.966 bits per heavy atom. The molecule has 10 nitrogen and oxygen atoms in total. The van der Waals surface area contributed by atoms with Crippen molar-refractivity contribution in [1.82, 2.24) is 24.2 Å². The predicted molar refractivity (Wildman–Crippen MR) is 108 cm³/mol. The van der Waals surface area contributed by atoms with Gasteiger partial charge in [-0.2, -0.15) is 4.31 Å². The first-order valence-corrected chi connectivity index (χ1v) is 10.6. The number of aromatic nitrogens is 4. The van der Waals surface area contributed by atoms with E-state index < -0.39 is 21.3 Å². The maximum absolute atomic E-state index is 13.0. The smallest absolute Gasteiger partial charge is 0.327 e. The molecule has 0 bridgehead atoms. The van der Waals surface area contributed by atoms with Gasteiger partial charge >= 0.3 is 5.69 Å². The van der Waals surface area contributed by atoms with Gasteiger partial charge < -0.3 is 4.90 Å². The summed E-state index contributed by atoms with van der Waals surface area (Å²) in [5, 5.41) is 0.794. The van der Waals surface area contributed by atoms with Gasteiger partial charge in [0.25, 0.3) is 5.56 Å². The topological polar surface area (TPSA) is 132 Å². The summed E-state index contributed by atoms with van der Waals surface area (Å²) >= 11 is 12.0. The molecule has 0 spiro atoms. The van der Waals surface area contributed by atoms with E-state index in [4.69, 9.17) is 23.2 Å². The van der Waals surface area contributed by atoms with Crippen molar-refractivity contribution in [3.63, 3.8) is 0 Å². The zero-order valence-corrected chi connectivity index (χ0v) is 17.1. The molecule has 0 saturated carbocycles. The number of fused-ring (bicyclic) bond motifs is 1. The molecule has 0 radical (unpaired) electrons. The Labute approximate surface area is 174 Å². The minimum absolute atomic E-state index is 0.0125. The predicted octanol–water partition coefficient (Wildman–Crippen LogP) is 0.824. The van der Waals surface area contributed by atoms with Gasteiger partial charge in [-0.25, -0.2) is 23.2 Å². The van der Waals surface area contributed by atoms with Crippen molar-refractivity contribution in [3.05, 3.63) is 55.4 Å². The molecule has 29 heavy (non-hydrogen) atoms. The van der Waals surface area contributed by atoms with Crippen molar-refractivity contribution < 1.29 is 8.42 Å². The van der Waals surface area contributed by atoms with Crippen LogP contribution in [-0.2, 0) is 10.0 Å². The molecular formula is C16H14Cl2N6O4S. The SMILES string of the molecule is O=c1[nH]c(=O)c2cc(S(=O)(=O)N3CCN(c4ncc(Cl)cc4Cl)CC3)cnc2[nH]1. The number of piperazine rings is 1. The number of pyridine rings is 2. The molecule has 152 valence electrons. The van der Waals surface area contributed by atoms with Crippen molar-refractivity contribution in [1.29, 1.82) is 0 Å². The molecule has 1 aliphatic rings. The number of nitrogens with one attached hydrogen (secondary N) is 2. The summed E-state index contributed by atoms with van der Waals surface area (Å²) in [7, 11) is -3.88. The highest BCUT2D eigenvalue weighted by molar-refractivity contribution is 7.89. The van der Waals surface area contributed by atoms with Crippen LogP contribution in [0.1, 0.15) is 0 Å². The van der Waals surface area contributed by atoms with E-state index in [0.29, 0.717) is 29.0 Å². The van der Waals surface area contributed by atoms with Crippen LogP contribution in [-0.4, -0.2) is 58.8 Å².